The Labute approximate surface area is 831 Å². The zero-order valence-corrected chi connectivity index (χ0v) is 88.8. The fourth-order valence-corrected chi connectivity index (χ4v) is 23.5. The van der Waals surface area contributed by atoms with Crippen LogP contribution in [-0.2, 0) is 108 Å². The van der Waals surface area contributed by atoms with E-state index in [9.17, 15) is 30.0 Å². The highest BCUT2D eigenvalue weighted by atomic mass is 32.1. The van der Waals surface area contributed by atoms with Crippen LogP contribution in [0.25, 0.3) is 21.1 Å². The molecule has 10 aliphatic heterocycles. The van der Waals surface area contributed by atoms with Crippen molar-refractivity contribution < 1.29 is 115 Å². The Kier molecular flexibility index (Phi) is 39.8. The molecule has 0 saturated carbocycles. The first-order valence-corrected chi connectivity index (χ1v) is 51.4. The van der Waals surface area contributed by atoms with Gasteiger partial charge in [-0.3, -0.25) is 9.59 Å². The molecule has 10 fully saturated rings. The number of pyridine rings is 2. The second-order valence-electron chi connectivity index (χ2n) is 42.3. The molecule has 14 rings (SSSR count). The molecule has 36 atom stereocenters. The number of esters is 2. The number of methoxy groups -OCH3 is 2. The van der Waals surface area contributed by atoms with Gasteiger partial charge in [-0.15, -0.1) is 22.7 Å². The monoisotopic (exact) mass is 2000 g/mol. The Hall–Kier alpha value is -5.78. The Morgan fingerprint density at radius 2 is 0.950 bits per heavy atom. The summed E-state index contributed by atoms with van der Waals surface area (Å²) in [6.45, 7) is 39.1. The maximum Gasteiger partial charge on any atom is 0.311 e. The van der Waals surface area contributed by atoms with Gasteiger partial charge < -0.3 is 149 Å². The lowest BCUT2D eigenvalue weighted by molar-refractivity contribution is -0.314. The summed E-state index contributed by atoms with van der Waals surface area (Å²) in [4.78, 5) is 60.6. The number of nitrogen functional groups attached to an aromatic ring is 2. The van der Waals surface area contributed by atoms with Crippen LogP contribution in [0.1, 0.15) is 200 Å². The van der Waals surface area contributed by atoms with Gasteiger partial charge in [0.25, 0.3) is 0 Å². The summed E-state index contributed by atoms with van der Waals surface area (Å²) in [6, 6.07) is 17.1. The third-order valence-corrected chi connectivity index (χ3v) is 32.5. The molecule has 0 spiro atoms. The van der Waals surface area contributed by atoms with E-state index in [4.69, 9.17) is 108 Å². The van der Waals surface area contributed by atoms with Crippen molar-refractivity contribution in [2.45, 2.75) is 384 Å². The van der Waals surface area contributed by atoms with Gasteiger partial charge in [-0.1, -0.05) is 64.0 Å². The number of fused-ring (bicyclic) bond motifs is 30. The van der Waals surface area contributed by atoms with Gasteiger partial charge in [-0.05, 0) is 231 Å². The molecule has 0 radical (unpaired) electrons. The number of hydrogen-bond donors (Lipinski definition) is 9. The number of aromatic nitrogens is 2. The van der Waals surface area contributed by atoms with Gasteiger partial charge in [0.15, 0.2) is 38.4 Å². The number of anilines is 2. The molecule has 10 saturated heterocycles. The molecule has 36 nitrogen and oxygen atoms in total. The van der Waals surface area contributed by atoms with Crippen LogP contribution in [0.15, 0.2) is 71.0 Å². The zero-order chi connectivity index (χ0) is 102. The van der Waals surface area contributed by atoms with Gasteiger partial charge in [0, 0.05) is 85.9 Å². The van der Waals surface area contributed by atoms with Gasteiger partial charge in [-0.2, -0.15) is 0 Å². The van der Waals surface area contributed by atoms with Crippen LogP contribution in [0.3, 0.4) is 0 Å². The van der Waals surface area contributed by atoms with E-state index < -0.39 is 180 Å². The fourth-order valence-electron chi connectivity index (χ4n) is 21.7. The molecule has 13 N–H and O–H groups in total. The van der Waals surface area contributed by atoms with E-state index in [-0.39, 0.29) is 114 Å². The molecule has 14 heterocycles. The highest BCUT2D eigenvalue weighted by Crippen LogP contribution is 2.46. The van der Waals surface area contributed by atoms with Crippen LogP contribution in [0.2, 0.25) is 0 Å². The van der Waals surface area contributed by atoms with E-state index in [0.717, 1.165) is 30.9 Å². The smallest absolute Gasteiger partial charge is 0.311 e. The second-order valence-corrected chi connectivity index (χ2v) is 44.7. The van der Waals surface area contributed by atoms with Crippen LogP contribution < -0.4 is 28.3 Å². The maximum absolute atomic E-state index is 14.9. The number of hydrogen-bond acceptors (Lipinski definition) is 38. The molecule has 10 aliphatic rings. The molecule has 38 heteroatoms. The molecule has 4 aromatic rings. The number of oxime groups is 2. The van der Waals surface area contributed by atoms with Gasteiger partial charge in [0.2, 0.25) is 0 Å². The first-order chi connectivity index (χ1) is 65.4. The van der Waals surface area contributed by atoms with Crippen molar-refractivity contribution in [3.63, 3.8) is 0 Å². The summed E-state index contributed by atoms with van der Waals surface area (Å²) in [6.07, 6.45) is -11.8. The average Bonchev–Trinajstić information content (AvgIpc) is 0.953. The molecule has 0 unspecified atom stereocenters. The van der Waals surface area contributed by atoms with Crippen molar-refractivity contribution in [3.8, 4) is 21.1 Å². The van der Waals surface area contributed by atoms with Crippen molar-refractivity contribution in [1.29, 1.82) is 0 Å². The van der Waals surface area contributed by atoms with Crippen LogP contribution in [0.4, 0.5) is 11.6 Å². The Morgan fingerprint density at radius 3 is 1.34 bits per heavy atom. The Bertz CT molecular complexity index is 4620. The first-order valence-electron chi connectivity index (χ1n) is 49.7. The normalized spacial score (nSPS) is 41.6. The molecule has 4 bridgehead atoms. The van der Waals surface area contributed by atoms with Crippen LogP contribution in [0, 0.1) is 35.5 Å². The number of aliphatic hydroxyl groups excluding tert-OH is 2. The molecule has 139 heavy (non-hydrogen) atoms. The Balaban J connectivity index is 0.000000266. The zero-order valence-electron chi connectivity index (χ0n) is 87.1. The van der Waals surface area contributed by atoms with Crippen LogP contribution >= 0.6 is 22.7 Å². The predicted molar refractivity (Wildman–Crippen MR) is 531 cm³/mol. The van der Waals surface area contributed by atoms with Crippen LogP contribution in [-0.4, -0.2) is 338 Å². The van der Waals surface area contributed by atoms with E-state index in [1.54, 1.807) is 54.0 Å². The number of carbonyl (C=O) groups is 2. The number of aliphatic hydroxyl groups is 4. The molecule has 786 valence electrons. The highest BCUT2D eigenvalue weighted by Gasteiger charge is 2.58. The Morgan fingerprint density at radius 1 is 0.547 bits per heavy atom. The third kappa shape index (κ3) is 27.6. The molecule has 0 amide bonds. The van der Waals surface area contributed by atoms with Crippen molar-refractivity contribution in [3.05, 3.63) is 70.4 Å². The number of thiophene rings is 2. The van der Waals surface area contributed by atoms with Gasteiger partial charge >= 0.3 is 11.9 Å². The van der Waals surface area contributed by atoms with E-state index in [1.807, 2.05) is 191 Å². The van der Waals surface area contributed by atoms with E-state index in [2.05, 4.69) is 44.3 Å². The lowest BCUT2D eigenvalue weighted by atomic mass is 9.78. The summed E-state index contributed by atoms with van der Waals surface area (Å²) in [7, 11) is 13.0. The van der Waals surface area contributed by atoms with E-state index in [1.165, 1.54) is 22.7 Å². The van der Waals surface area contributed by atoms with Crippen molar-refractivity contribution >= 4 is 57.7 Å². The largest absolute Gasteiger partial charge is 0.459 e. The van der Waals surface area contributed by atoms with Crippen molar-refractivity contribution in [2.24, 2.45) is 57.3 Å². The maximum atomic E-state index is 14.9. The summed E-state index contributed by atoms with van der Waals surface area (Å²) >= 11 is 3.04. The van der Waals surface area contributed by atoms with E-state index in [0.29, 0.717) is 61.8 Å². The summed E-state index contributed by atoms with van der Waals surface area (Å²) in [5.74, 6) is -4.14. The van der Waals surface area contributed by atoms with Crippen molar-refractivity contribution in [1.82, 2.24) is 30.0 Å². The molecular weight excluding hydrogens is 1830 g/mol. The number of rotatable bonds is 22. The van der Waals surface area contributed by atoms with Gasteiger partial charge in [-0.25, -0.2) is 9.97 Å². The predicted octanol–water partition coefficient (Wildman–Crippen LogP) is 10.1. The minimum absolute atomic E-state index is 0.0719. The summed E-state index contributed by atoms with van der Waals surface area (Å²) < 4.78 is 107. The van der Waals surface area contributed by atoms with Gasteiger partial charge in [0.05, 0.1) is 155 Å². The van der Waals surface area contributed by atoms with Crippen molar-refractivity contribution in [2.75, 3.05) is 100 Å². The molecule has 4 aromatic heterocycles. The average molecular weight is 2000 g/mol. The number of likely N-dealkylation sites (N-methyl/N-ethyl adjacent to an activating group) is 2. The number of nitrogens with one attached hydrogen (secondary N) is 1. The quantitative estimate of drug-likeness (QED) is 0.0261. The highest BCUT2D eigenvalue weighted by molar-refractivity contribution is 7.15. The number of carbonyl (C=O) groups excluding carboxylic acids is 2. The second kappa shape index (κ2) is 48.7. The lowest BCUT2D eigenvalue weighted by Gasteiger charge is -2.50. The third-order valence-electron chi connectivity index (χ3n) is 30.3. The lowest BCUT2D eigenvalue weighted by Crippen LogP contribution is -2.62. The standard InChI is InChI=1S/C51H84N6O12S.C50H82N6O12S/c1-15-39-51(10,60)45-28(2)24-57(13)29(3)22-50(9,63-26-34(25-62-45)55-64-27-35-19-20-38(70-35)36-17-16-18-40(52)54-36)46(69-48-42(58)37(56(11)12)21-30(4)65-48)31(5)43(32(6)47(59)67-39)68-41-23-49(8,61-14)44(53)33(7)66-41;1-14-38-50(10,59)44-27(2)23-53-28(3)21-49(9,62-25-33(24-61-44)55-63-26-34-18-19-37(69-34)35-16-15-17-39(51)54-35)45(68-47-41(57)36(56(11)12)20-29(4)64-47)30(5)42(31(6)46(58)66-38)67-40-22-48(8,60-13)43(52)32(7)65-40/h16-20,28-33,37,39,41-46,48,58,60H,15,21-27,53H2,1-14H3,(H2,52,54);15-19,27-32,36,38,40-45,47,53,57,59H,14,20-26,52H2,1-13H3,(H2,51,54)/b55-34+;55-33+/t28-,29+,30+,31-,32+,33-,37-,39+,41-,42+,43-,44+,45+,46+,48-,49+,50+,51+;27-,28+,29+,30-,31+,32-,36-,38+,40-,41+,42-,43+,44+,45+,47-,48+,49+,50+/m00/s1. The number of nitrogens with zero attached hydrogens (tertiary/aromatic N) is 7. The van der Waals surface area contributed by atoms with E-state index >= 15 is 0 Å². The fraction of sp³-hybridized carbons (Fsp3) is 0.782. The molecular formula is C101H166N12O24S2. The topological polar surface area (TPSA) is 458 Å². The minimum Gasteiger partial charge on any atom is -0.459 e. The summed E-state index contributed by atoms with van der Waals surface area (Å²) in [5.41, 5.74) is 20.2. The number of nitrogens with two attached hydrogens (primary N) is 4. The molecule has 0 aliphatic carbocycles. The first kappa shape index (κ1) is 114. The summed E-state index contributed by atoms with van der Waals surface area (Å²) in [5, 5.41) is 62.4. The number of ether oxygens (including phenoxy) is 16. The molecule has 0 aromatic carbocycles. The SMILES string of the molecule is CC[C@H]1OC(=O)[C@H](C)[C@@H](O[C@H]2C[C@@](C)(OC)[C@H](N)[C@H](C)O2)[C@H](C)[C@@H](O[C@@H]2O[C@H](C)C[C@H](N(C)C)[C@H]2O)[C@@]2(C)C[C@@H](C)N(C)C[C@H](C)[C@@H](OC/C(=N\OCc3ccc(-c4cccc(N)n4)s3)CO2)[C@]1(C)O.CC[C@H]1OC(=O)[C@H](C)[C@@H](O[C@H]2C[C@@](C)(OC)[C@H](N)[C@H](C)O2)[C@H](C)[C@@H](O[C@@H]2O[C@H](C)C[C@H](N(C)C)[C@H]2O)[C@@]2(C)C[C@@H](C)NC[C@H](C)[C@@H](OC/C(=N\OCc3ccc(-c4cccc(N)n4)s3)CO2)[C@]1(C)O. The minimum atomic E-state index is -1.68. The van der Waals surface area contributed by atoms with Gasteiger partial charge in [0.1, 0.15) is 58.7 Å². The van der Waals surface area contributed by atoms with Crippen LogP contribution in [0.5, 0.6) is 0 Å².